The highest BCUT2D eigenvalue weighted by Gasteiger charge is 2.36. The maximum atomic E-state index is 15.2. The predicted octanol–water partition coefficient (Wildman–Crippen LogP) is 5.38. The van der Waals surface area contributed by atoms with E-state index in [1.165, 1.54) is 23.1 Å². The zero-order valence-corrected chi connectivity index (χ0v) is 24.1. The molecule has 0 unspecified atom stereocenters. The van der Waals surface area contributed by atoms with E-state index in [9.17, 15) is 18.4 Å². The first-order valence-electron chi connectivity index (χ1n) is 14.4. The Hall–Kier alpha value is -3.11. The minimum atomic E-state index is -2.78. The molecule has 1 atom stereocenters. The van der Waals surface area contributed by atoms with Crippen LogP contribution in [-0.4, -0.2) is 86.1 Å². The summed E-state index contributed by atoms with van der Waals surface area (Å²) in [6.45, 7) is 6.26. The number of benzene rings is 2. The normalized spacial score (nSPS) is 18.8. The lowest BCUT2D eigenvalue weighted by atomic mass is 9.97. The van der Waals surface area contributed by atoms with Gasteiger partial charge in [0.2, 0.25) is 0 Å². The Bertz CT molecular complexity index is 1210. The lowest BCUT2D eigenvalue weighted by molar-refractivity contribution is -0.0494. The summed E-state index contributed by atoms with van der Waals surface area (Å²) in [5, 5.41) is 3.37. The van der Waals surface area contributed by atoms with E-state index in [2.05, 4.69) is 5.32 Å². The lowest BCUT2D eigenvalue weighted by Gasteiger charge is -2.37. The van der Waals surface area contributed by atoms with E-state index < -0.39 is 30.5 Å². The molecule has 2 fully saturated rings. The van der Waals surface area contributed by atoms with Crippen LogP contribution in [0.2, 0.25) is 0 Å². The van der Waals surface area contributed by atoms with Crippen molar-refractivity contribution in [3.63, 3.8) is 0 Å². The van der Waals surface area contributed by atoms with Crippen LogP contribution in [-0.2, 0) is 4.74 Å². The summed E-state index contributed by atoms with van der Waals surface area (Å²) in [5.41, 5.74) is 1.16. The number of rotatable bonds is 10. The summed E-state index contributed by atoms with van der Waals surface area (Å²) < 4.78 is 53.7. The first kappa shape index (κ1) is 30.8. The maximum absolute atomic E-state index is 15.2. The van der Waals surface area contributed by atoms with Crippen molar-refractivity contribution in [2.24, 2.45) is 0 Å². The number of carbonyl (C=O) groups is 2. The van der Waals surface area contributed by atoms with E-state index in [0.29, 0.717) is 29.9 Å². The largest absolute Gasteiger partial charge is 0.493 e. The molecule has 0 bridgehead atoms. The van der Waals surface area contributed by atoms with E-state index in [1.54, 1.807) is 25.3 Å². The molecule has 7 nitrogen and oxygen atoms in total. The molecule has 2 aliphatic heterocycles. The summed E-state index contributed by atoms with van der Waals surface area (Å²) in [5.74, 6) is -3.58. The molecule has 4 rings (SSSR count). The minimum Gasteiger partial charge on any atom is -0.493 e. The summed E-state index contributed by atoms with van der Waals surface area (Å²) in [6.07, 6.45) is 1.69. The first-order chi connectivity index (χ1) is 19.6. The Kier molecular flexibility index (Phi) is 10.3. The number of nitrogens with zero attached hydrogens (tertiary/aromatic N) is 2. The zero-order valence-electron chi connectivity index (χ0n) is 24.1. The molecule has 2 heterocycles. The molecule has 10 heteroatoms. The van der Waals surface area contributed by atoms with E-state index in [-0.39, 0.29) is 48.8 Å². The van der Waals surface area contributed by atoms with Gasteiger partial charge >= 0.3 is 0 Å². The number of methoxy groups -OCH3 is 1. The smallest absolute Gasteiger partial charge is 0.254 e. The Morgan fingerprint density at radius 2 is 1.80 bits per heavy atom. The molecular weight excluding hydrogens is 535 g/mol. The highest BCUT2D eigenvalue weighted by Crippen LogP contribution is 2.35. The van der Waals surface area contributed by atoms with Crippen molar-refractivity contribution in [3.8, 4) is 16.9 Å². The Balaban J connectivity index is 1.66. The molecule has 2 saturated heterocycles. The fourth-order valence-electron chi connectivity index (χ4n) is 5.51. The lowest BCUT2D eigenvalue weighted by Crippen LogP contribution is -2.51. The summed E-state index contributed by atoms with van der Waals surface area (Å²) in [4.78, 5) is 30.1. The van der Waals surface area contributed by atoms with Crippen molar-refractivity contribution in [3.05, 3.63) is 53.3 Å². The van der Waals surface area contributed by atoms with Gasteiger partial charge < -0.3 is 24.6 Å². The molecule has 2 aromatic rings. The highest BCUT2D eigenvalue weighted by molar-refractivity contribution is 5.97. The van der Waals surface area contributed by atoms with E-state index in [4.69, 9.17) is 9.47 Å². The van der Waals surface area contributed by atoms with Crippen molar-refractivity contribution >= 4 is 11.8 Å². The topological polar surface area (TPSA) is 71.1 Å². The van der Waals surface area contributed by atoms with Gasteiger partial charge in [0.1, 0.15) is 11.6 Å². The van der Waals surface area contributed by atoms with Crippen LogP contribution < -0.4 is 10.1 Å². The summed E-state index contributed by atoms with van der Waals surface area (Å²) >= 11 is 0. The van der Waals surface area contributed by atoms with Crippen LogP contribution in [0.1, 0.15) is 66.7 Å². The molecule has 41 heavy (non-hydrogen) atoms. The summed E-state index contributed by atoms with van der Waals surface area (Å²) in [6, 6.07) is 8.98. The van der Waals surface area contributed by atoms with E-state index >= 15 is 4.39 Å². The standard InChI is InChI=1S/C31H40F3N3O4/c1-21(2)37(24-6-4-13-35-20-24)30(39)23-7-9-25(28(19-23)41-17-5-16-40-3)26-18-22(8-10-27(26)32)29(38)36-14-11-31(33,34)12-15-36/h7-10,18-19,21,24,35H,4-6,11-17,20H2,1-3H3/t24-/m1/s1. The number of hydrogen-bond acceptors (Lipinski definition) is 5. The van der Waals surface area contributed by atoms with Gasteiger partial charge in [-0.3, -0.25) is 9.59 Å². The van der Waals surface area contributed by atoms with E-state index in [1.807, 2.05) is 18.7 Å². The second-order valence-electron chi connectivity index (χ2n) is 11.1. The van der Waals surface area contributed by atoms with E-state index in [0.717, 1.165) is 25.9 Å². The molecule has 2 aliphatic rings. The monoisotopic (exact) mass is 575 g/mol. The van der Waals surface area contributed by atoms with Crippen LogP contribution in [0.3, 0.4) is 0 Å². The van der Waals surface area contributed by atoms with Crippen LogP contribution in [0.15, 0.2) is 36.4 Å². The SMILES string of the molecule is COCCCOc1cc(C(=O)N(C(C)C)[C@@H]2CCCNC2)ccc1-c1cc(C(=O)N2CCC(F)(F)CC2)ccc1F. The molecule has 0 spiro atoms. The highest BCUT2D eigenvalue weighted by atomic mass is 19.3. The van der Waals surface area contributed by atoms with Gasteiger partial charge in [-0.2, -0.15) is 0 Å². The predicted molar refractivity (Wildman–Crippen MR) is 151 cm³/mol. The number of nitrogens with one attached hydrogen (secondary N) is 1. The average molecular weight is 576 g/mol. The molecular formula is C31H40F3N3O4. The molecule has 224 valence electrons. The van der Waals surface area contributed by atoms with Gasteiger partial charge in [0.05, 0.1) is 6.61 Å². The first-order valence-corrected chi connectivity index (χ1v) is 14.4. The Morgan fingerprint density at radius 3 is 2.46 bits per heavy atom. The van der Waals surface area contributed by atoms with Gasteiger partial charge in [0.15, 0.2) is 0 Å². The van der Waals surface area contributed by atoms with Crippen molar-refractivity contribution in [1.29, 1.82) is 0 Å². The van der Waals surface area contributed by atoms with Gasteiger partial charge in [-0.15, -0.1) is 0 Å². The zero-order chi connectivity index (χ0) is 29.6. The van der Waals surface area contributed by atoms with Crippen LogP contribution in [0, 0.1) is 5.82 Å². The van der Waals surface area contributed by atoms with Crippen molar-refractivity contribution in [1.82, 2.24) is 15.1 Å². The van der Waals surface area contributed by atoms with Gasteiger partial charge in [0, 0.05) is 87.0 Å². The third kappa shape index (κ3) is 7.60. The number of carbonyl (C=O) groups excluding carboxylic acids is 2. The molecule has 0 aliphatic carbocycles. The molecule has 1 N–H and O–H groups in total. The van der Waals surface area contributed by atoms with Crippen molar-refractivity contribution in [2.45, 2.75) is 64.0 Å². The van der Waals surface area contributed by atoms with Crippen molar-refractivity contribution < 1.29 is 32.2 Å². The molecule has 2 aromatic carbocycles. The minimum absolute atomic E-state index is 0.0203. The fraction of sp³-hybridized carbons (Fsp3) is 0.548. The fourth-order valence-corrected chi connectivity index (χ4v) is 5.51. The van der Waals surface area contributed by atoms with Gasteiger partial charge in [-0.05, 0) is 69.6 Å². The molecule has 0 aromatic heterocycles. The quantitative estimate of drug-likeness (QED) is 0.385. The number of amides is 2. The molecule has 2 amide bonds. The van der Waals surface area contributed by atoms with Gasteiger partial charge in [0.25, 0.3) is 17.7 Å². The number of alkyl halides is 2. The van der Waals surface area contributed by atoms with Crippen LogP contribution in [0.5, 0.6) is 5.75 Å². The van der Waals surface area contributed by atoms with Crippen molar-refractivity contribution in [2.75, 3.05) is 46.5 Å². The van der Waals surface area contributed by atoms with Gasteiger partial charge in [-0.1, -0.05) is 0 Å². The second kappa shape index (κ2) is 13.7. The average Bonchev–Trinajstić information content (AvgIpc) is 2.96. The number of piperidine rings is 2. The Labute approximate surface area is 240 Å². The number of ether oxygens (including phenoxy) is 2. The third-order valence-corrected chi connectivity index (χ3v) is 7.72. The number of hydrogen-bond donors (Lipinski definition) is 1. The number of halogens is 3. The van der Waals surface area contributed by atoms with Crippen LogP contribution >= 0.6 is 0 Å². The maximum Gasteiger partial charge on any atom is 0.254 e. The Morgan fingerprint density at radius 1 is 1.07 bits per heavy atom. The van der Waals surface area contributed by atoms with Crippen LogP contribution in [0.25, 0.3) is 11.1 Å². The van der Waals surface area contributed by atoms with Crippen LogP contribution in [0.4, 0.5) is 13.2 Å². The summed E-state index contributed by atoms with van der Waals surface area (Å²) in [7, 11) is 1.59. The molecule has 0 saturated carbocycles. The number of likely N-dealkylation sites (tertiary alicyclic amines) is 1. The second-order valence-corrected chi connectivity index (χ2v) is 11.1. The van der Waals surface area contributed by atoms with Gasteiger partial charge in [-0.25, -0.2) is 13.2 Å². The molecule has 0 radical (unpaired) electrons. The third-order valence-electron chi connectivity index (χ3n) is 7.72.